The Bertz CT molecular complexity index is 392. The van der Waals surface area contributed by atoms with Crippen LogP contribution in [0.15, 0.2) is 18.2 Å². The second-order valence-electron chi connectivity index (χ2n) is 4.90. The third-order valence-electron chi connectivity index (χ3n) is 3.84. The number of aliphatic hydroxyl groups is 1. The lowest BCUT2D eigenvalue weighted by molar-refractivity contribution is 0.0875. The molecule has 1 aromatic carbocycles. The molecule has 1 fully saturated rings. The Kier molecular flexibility index (Phi) is 3.95. The summed E-state index contributed by atoms with van der Waals surface area (Å²) in [5.41, 5.74) is 0.818. The van der Waals surface area contributed by atoms with E-state index in [2.05, 4.69) is 6.92 Å². The van der Waals surface area contributed by atoms with Crippen molar-refractivity contribution in [3.8, 4) is 5.75 Å². The van der Waals surface area contributed by atoms with Crippen LogP contribution in [-0.2, 0) is 0 Å². The molecule has 17 heavy (non-hydrogen) atoms. The van der Waals surface area contributed by atoms with Gasteiger partial charge in [-0.3, -0.25) is 0 Å². The summed E-state index contributed by atoms with van der Waals surface area (Å²) in [5.74, 6) is 1.61. The highest BCUT2D eigenvalue weighted by Gasteiger charge is 2.32. The summed E-state index contributed by atoms with van der Waals surface area (Å²) in [7, 11) is 1.62. The van der Waals surface area contributed by atoms with Crippen molar-refractivity contribution in [3.05, 3.63) is 28.8 Å². The quantitative estimate of drug-likeness (QED) is 0.889. The molecule has 0 amide bonds. The van der Waals surface area contributed by atoms with E-state index < -0.39 is 6.10 Å². The highest BCUT2D eigenvalue weighted by atomic mass is 35.5. The smallest absolute Gasteiger partial charge is 0.124 e. The maximum absolute atomic E-state index is 10.5. The second kappa shape index (κ2) is 5.28. The van der Waals surface area contributed by atoms with Crippen LogP contribution in [0, 0.1) is 11.8 Å². The second-order valence-corrected chi connectivity index (χ2v) is 5.34. The van der Waals surface area contributed by atoms with Crippen LogP contribution in [0.2, 0.25) is 5.02 Å². The van der Waals surface area contributed by atoms with Crippen molar-refractivity contribution in [2.75, 3.05) is 7.11 Å². The van der Waals surface area contributed by atoms with Gasteiger partial charge >= 0.3 is 0 Å². The summed E-state index contributed by atoms with van der Waals surface area (Å²) in [4.78, 5) is 0. The Morgan fingerprint density at radius 2 is 2.18 bits per heavy atom. The van der Waals surface area contributed by atoms with Crippen LogP contribution >= 0.6 is 11.6 Å². The molecule has 0 saturated heterocycles. The molecule has 3 atom stereocenters. The van der Waals surface area contributed by atoms with Gasteiger partial charge in [0.1, 0.15) is 5.75 Å². The van der Waals surface area contributed by atoms with Crippen LogP contribution in [0.3, 0.4) is 0 Å². The molecule has 1 aliphatic carbocycles. The van der Waals surface area contributed by atoms with Gasteiger partial charge in [0.25, 0.3) is 0 Å². The average molecular weight is 255 g/mol. The molecular weight excluding hydrogens is 236 g/mol. The molecule has 0 radical (unpaired) electrons. The molecule has 1 aromatic rings. The summed E-state index contributed by atoms with van der Waals surface area (Å²) in [5, 5.41) is 11.1. The Balaban J connectivity index is 2.28. The first-order valence-corrected chi connectivity index (χ1v) is 6.52. The minimum absolute atomic E-state index is 0.322. The van der Waals surface area contributed by atoms with Gasteiger partial charge in [-0.1, -0.05) is 31.4 Å². The number of aliphatic hydroxyl groups excluding tert-OH is 1. The predicted octanol–water partition coefficient (Wildman–Crippen LogP) is 3.82. The van der Waals surface area contributed by atoms with E-state index in [0.29, 0.717) is 16.9 Å². The molecule has 0 spiro atoms. The fourth-order valence-corrected chi connectivity index (χ4v) is 2.99. The van der Waals surface area contributed by atoms with Gasteiger partial charge in [0.2, 0.25) is 0 Å². The van der Waals surface area contributed by atoms with Crippen LogP contribution in [0.5, 0.6) is 5.75 Å². The SMILES string of the molecule is COc1ccc(Cl)cc1C(O)C1CCCC1C. The molecule has 2 nitrogen and oxygen atoms in total. The van der Waals surface area contributed by atoms with E-state index in [-0.39, 0.29) is 0 Å². The van der Waals surface area contributed by atoms with E-state index in [1.54, 1.807) is 13.2 Å². The Hall–Kier alpha value is -0.730. The molecule has 2 rings (SSSR count). The van der Waals surface area contributed by atoms with Gasteiger partial charge < -0.3 is 9.84 Å². The largest absolute Gasteiger partial charge is 0.496 e. The van der Waals surface area contributed by atoms with Crippen LogP contribution < -0.4 is 4.74 Å². The third kappa shape index (κ3) is 2.58. The predicted molar refractivity (Wildman–Crippen MR) is 69.5 cm³/mol. The van der Waals surface area contributed by atoms with Crippen molar-refractivity contribution in [1.29, 1.82) is 0 Å². The van der Waals surface area contributed by atoms with E-state index in [9.17, 15) is 5.11 Å². The highest BCUT2D eigenvalue weighted by Crippen LogP contribution is 2.42. The lowest BCUT2D eigenvalue weighted by Gasteiger charge is -2.24. The average Bonchev–Trinajstić information content (AvgIpc) is 2.74. The zero-order valence-corrected chi connectivity index (χ0v) is 11.1. The van der Waals surface area contributed by atoms with Crippen molar-refractivity contribution in [3.63, 3.8) is 0 Å². The fourth-order valence-electron chi connectivity index (χ4n) is 2.81. The molecule has 0 heterocycles. The molecule has 1 N–H and O–H groups in total. The molecule has 3 heteroatoms. The molecule has 0 aliphatic heterocycles. The van der Waals surface area contributed by atoms with E-state index in [1.807, 2.05) is 12.1 Å². The summed E-state index contributed by atoms with van der Waals surface area (Å²) >= 11 is 5.99. The van der Waals surface area contributed by atoms with Gasteiger partial charge in [0.15, 0.2) is 0 Å². The minimum atomic E-state index is -0.471. The summed E-state index contributed by atoms with van der Waals surface area (Å²) in [6.07, 6.45) is 3.01. The molecule has 1 aliphatic rings. The lowest BCUT2D eigenvalue weighted by atomic mass is 9.88. The van der Waals surface area contributed by atoms with Gasteiger partial charge in [-0.15, -0.1) is 0 Å². The zero-order valence-electron chi connectivity index (χ0n) is 10.3. The van der Waals surface area contributed by atoms with Gasteiger partial charge in [-0.05, 0) is 36.5 Å². The molecule has 1 saturated carbocycles. The highest BCUT2D eigenvalue weighted by molar-refractivity contribution is 6.30. The zero-order chi connectivity index (χ0) is 12.4. The number of halogens is 1. The van der Waals surface area contributed by atoms with Crippen molar-refractivity contribution in [1.82, 2.24) is 0 Å². The molecule has 0 aromatic heterocycles. The van der Waals surface area contributed by atoms with Gasteiger partial charge in [0, 0.05) is 10.6 Å². The first-order valence-electron chi connectivity index (χ1n) is 6.15. The Labute approximate surface area is 108 Å². The molecule has 94 valence electrons. The number of hydrogen-bond acceptors (Lipinski definition) is 2. The lowest BCUT2D eigenvalue weighted by Crippen LogP contribution is -2.15. The van der Waals surface area contributed by atoms with Crippen molar-refractivity contribution in [2.45, 2.75) is 32.3 Å². The maximum Gasteiger partial charge on any atom is 0.124 e. The van der Waals surface area contributed by atoms with Gasteiger partial charge in [-0.25, -0.2) is 0 Å². The van der Waals surface area contributed by atoms with Crippen LogP contribution in [-0.4, -0.2) is 12.2 Å². The van der Waals surface area contributed by atoms with E-state index >= 15 is 0 Å². The van der Waals surface area contributed by atoms with Gasteiger partial charge in [-0.2, -0.15) is 0 Å². The first-order chi connectivity index (χ1) is 8.13. The van der Waals surface area contributed by atoms with Crippen LogP contribution in [0.1, 0.15) is 37.9 Å². The number of benzene rings is 1. The summed E-state index contributed by atoms with van der Waals surface area (Å²) in [6.45, 7) is 2.21. The summed E-state index contributed by atoms with van der Waals surface area (Å²) in [6, 6.07) is 5.42. The third-order valence-corrected chi connectivity index (χ3v) is 4.08. The number of methoxy groups -OCH3 is 1. The molecule has 0 bridgehead atoms. The van der Waals surface area contributed by atoms with Crippen molar-refractivity contribution < 1.29 is 9.84 Å². The van der Waals surface area contributed by atoms with Gasteiger partial charge in [0.05, 0.1) is 13.2 Å². The normalized spacial score (nSPS) is 25.9. The summed E-state index contributed by atoms with van der Waals surface area (Å²) < 4.78 is 5.30. The Morgan fingerprint density at radius 3 is 2.76 bits per heavy atom. The monoisotopic (exact) mass is 254 g/mol. The maximum atomic E-state index is 10.5. The topological polar surface area (TPSA) is 29.5 Å². The van der Waals surface area contributed by atoms with E-state index in [1.165, 1.54) is 12.8 Å². The van der Waals surface area contributed by atoms with E-state index in [4.69, 9.17) is 16.3 Å². The van der Waals surface area contributed by atoms with Crippen molar-refractivity contribution in [2.24, 2.45) is 11.8 Å². The van der Waals surface area contributed by atoms with Crippen LogP contribution in [0.4, 0.5) is 0 Å². The molecular formula is C14H19ClO2. The number of ether oxygens (including phenoxy) is 1. The first kappa shape index (κ1) is 12.7. The standard InChI is InChI=1S/C14H19ClO2/c1-9-4-3-5-11(9)14(16)12-8-10(15)6-7-13(12)17-2/h6-9,11,14,16H,3-5H2,1-2H3. The number of rotatable bonds is 3. The number of hydrogen-bond donors (Lipinski definition) is 1. The Morgan fingerprint density at radius 1 is 1.41 bits per heavy atom. The minimum Gasteiger partial charge on any atom is -0.496 e. The van der Waals surface area contributed by atoms with E-state index in [0.717, 1.165) is 17.7 Å². The fraction of sp³-hybridized carbons (Fsp3) is 0.571. The molecule has 3 unspecified atom stereocenters. The van der Waals surface area contributed by atoms with Crippen LogP contribution in [0.25, 0.3) is 0 Å². The van der Waals surface area contributed by atoms with Crippen molar-refractivity contribution >= 4 is 11.6 Å².